The number of hydrogen-bond donors (Lipinski definition) is 0. The Hall–Kier alpha value is -0.480. The number of hydrogen-bond acceptors (Lipinski definition) is 0. The van der Waals surface area contributed by atoms with Crippen molar-refractivity contribution >= 4 is 0 Å². The molecule has 1 heteroatoms. The summed E-state index contributed by atoms with van der Waals surface area (Å²) in [5.74, 6) is 5.44. The molecule has 1 unspecified atom stereocenters. The summed E-state index contributed by atoms with van der Waals surface area (Å²) in [4.78, 5) is 0. The molecule has 0 fully saturated rings. The van der Waals surface area contributed by atoms with Gasteiger partial charge in [0.05, 0.1) is 0 Å². The normalized spacial score (nSPS) is 13.9. The van der Waals surface area contributed by atoms with E-state index in [1.165, 1.54) is 0 Å². The van der Waals surface area contributed by atoms with E-state index in [0.717, 1.165) is 0 Å². The quantitative estimate of drug-likeness (QED) is 0.440. The molecule has 0 saturated heterocycles. The zero-order chi connectivity index (χ0) is 7.49. The SMILES string of the molecule is CC([O])C#CC(C)(C)C. The molecule has 0 amide bonds. The molecule has 9 heavy (non-hydrogen) atoms. The van der Waals surface area contributed by atoms with Crippen molar-refractivity contribution in [1.29, 1.82) is 0 Å². The van der Waals surface area contributed by atoms with Crippen molar-refractivity contribution in [3.8, 4) is 11.8 Å². The van der Waals surface area contributed by atoms with E-state index in [9.17, 15) is 5.11 Å². The van der Waals surface area contributed by atoms with Crippen molar-refractivity contribution < 1.29 is 5.11 Å². The molecule has 0 aliphatic heterocycles. The second-order valence-electron chi connectivity index (χ2n) is 3.16. The van der Waals surface area contributed by atoms with Gasteiger partial charge >= 0.3 is 0 Å². The third-order valence-electron chi connectivity index (χ3n) is 0.650. The molecule has 0 aliphatic rings. The van der Waals surface area contributed by atoms with Gasteiger partial charge in [0.25, 0.3) is 0 Å². The zero-order valence-electron chi connectivity index (χ0n) is 6.49. The van der Waals surface area contributed by atoms with Crippen molar-refractivity contribution in [1.82, 2.24) is 0 Å². The number of rotatable bonds is 0. The lowest BCUT2D eigenvalue weighted by Crippen LogP contribution is -2.01. The maximum atomic E-state index is 10.4. The van der Waals surface area contributed by atoms with Crippen molar-refractivity contribution in [2.75, 3.05) is 0 Å². The fraction of sp³-hybridized carbons (Fsp3) is 0.750. The standard InChI is InChI=1S/C8H13O/c1-7(9)5-6-8(2,3)4/h7H,1-4H3. The predicted molar refractivity (Wildman–Crippen MR) is 37.4 cm³/mol. The van der Waals surface area contributed by atoms with Gasteiger partial charge in [-0.1, -0.05) is 11.8 Å². The van der Waals surface area contributed by atoms with Crippen LogP contribution in [0.3, 0.4) is 0 Å². The lowest BCUT2D eigenvalue weighted by atomic mass is 9.98. The topological polar surface area (TPSA) is 19.9 Å². The Kier molecular flexibility index (Phi) is 2.73. The van der Waals surface area contributed by atoms with E-state index in [1.54, 1.807) is 6.92 Å². The highest BCUT2D eigenvalue weighted by atomic mass is 16.3. The largest absolute Gasteiger partial charge is 0.219 e. The fourth-order valence-corrected chi connectivity index (χ4v) is 0.318. The molecule has 0 aromatic heterocycles. The molecule has 1 atom stereocenters. The minimum absolute atomic E-state index is 0.0291. The third kappa shape index (κ3) is 7.52. The summed E-state index contributed by atoms with van der Waals surface area (Å²) in [7, 11) is 0. The van der Waals surface area contributed by atoms with Crippen molar-refractivity contribution in [3.05, 3.63) is 0 Å². The Morgan fingerprint density at radius 3 is 1.89 bits per heavy atom. The molecule has 0 aliphatic carbocycles. The minimum Gasteiger partial charge on any atom is -0.219 e. The van der Waals surface area contributed by atoms with E-state index in [0.29, 0.717) is 0 Å². The van der Waals surface area contributed by atoms with Gasteiger partial charge in [-0.2, -0.15) is 0 Å². The van der Waals surface area contributed by atoms with Gasteiger partial charge < -0.3 is 0 Å². The van der Waals surface area contributed by atoms with Crippen molar-refractivity contribution in [3.63, 3.8) is 0 Å². The van der Waals surface area contributed by atoms with Crippen LogP contribution in [0.15, 0.2) is 0 Å². The molecule has 0 aromatic rings. The lowest BCUT2D eigenvalue weighted by molar-refractivity contribution is 0.154. The molecule has 0 saturated carbocycles. The first-order chi connectivity index (χ1) is 3.92. The van der Waals surface area contributed by atoms with Crippen LogP contribution in [0.25, 0.3) is 0 Å². The first-order valence-corrected chi connectivity index (χ1v) is 3.10. The molecule has 0 rings (SSSR count). The van der Waals surface area contributed by atoms with E-state index in [-0.39, 0.29) is 5.41 Å². The highest BCUT2D eigenvalue weighted by molar-refractivity contribution is 5.09. The molecule has 0 N–H and O–H groups in total. The summed E-state index contributed by atoms with van der Waals surface area (Å²) in [6.45, 7) is 7.52. The maximum Gasteiger partial charge on any atom is 0.150 e. The van der Waals surface area contributed by atoms with E-state index in [1.807, 2.05) is 20.8 Å². The average molecular weight is 125 g/mol. The molecule has 0 heterocycles. The van der Waals surface area contributed by atoms with Gasteiger partial charge in [0.2, 0.25) is 0 Å². The van der Waals surface area contributed by atoms with Gasteiger partial charge in [0.1, 0.15) is 0 Å². The Bertz CT molecular complexity index is 129. The van der Waals surface area contributed by atoms with Gasteiger partial charge in [-0.3, -0.25) is 0 Å². The summed E-state index contributed by atoms with van der Waals surface area (Å²) in [6, 6.07) is 0. The van der Waals surface area contributed by atoms with Crippen LogP contribution >= 0.6 is 0 Å². The molecule has 0 bridgehead atoms. The van der Waals surface area contributed by atoms with Gasteiger partial charge in [0, 0.05) is 5.41 Å². The summed E-state index contributed by atoms with van der Waals surface area (Å²) in [5, 5.41) is 10.4. The van der Waals surface area contributed by atoms with Crippen LogP contribution in [0.1, 0.15) is 27.7 Å². The minimum atomic E-state index is -0.746. The summed E-state index contributed by atoms with van der Waals surface area (Å²) in [6.07, 6.45) is -0.746. The molecule has 0 spiro atoms. The average Bonchev–Trinajstić information content (AvgIpc) is 1.59. The zero-order valence-corrected chi connectivity index (χ0v) is 6.49. The molecule has 0 aromatic carbocycles. The van der Waals surface area contributed by atoms with Gasteiger partial charge in [-0.15, -0.1) is 0 Å². The van der Waals surface area contributed by atoms with Gasteiger partial charge in [-0.25, -0.2) is 5.11 Å². The monoisotopic (exact) mass is 125 g/mol. The molecule has 1 radical (unpaired) electrons. The summed E-state index contributed by atoms with van der Waals surface area (Å²) < 4.78 is 0. The fourth-order valence-electron chi connectivity index (χ4n) is 0.318. The highest BCUT2D eigenvalue weighted by Gasteiger charge is 2.03. The Labute approximate surface area is 57.1 Å². The van der Waals surface area contributed by atoms with E-state index >= 15 is 0 Å². The van der Waals surface area contributed by atoms with Crippen LogP contribution in [-0.4, -0.2) is 6.10 Å². The van der Waals surface area contributed by atoms with Crippen LogP contribution < -0.4 is 0 Å². The van der Waals surface area contributed by atoms with Crippen LogP contribution in [0.4, 0.5) is 0 Å². The van der Waals surface area contributed by atoms with Crippen molar-refractivity contribution in [2.45, 2.75) is 33.8 Å². The molecule has 51 valence electrons. The Balaban J connectivity index is 3.88. The van der Waals surface area contributed by atoms with Crippen LogP contribution in [0.2, 0.25) is 0 Å². The first-order valence-electron chi connectivity index (χ1n) is 3.10. The molecular formula is C8H13O. The van der Waals surface area contributed by atoms with Gasteiger partial charge in [-0.05, 0) is 27.7 Å². The lowest BCUT2D eigenvalue weighted by Gasteiger charge is -2.06. The summed E-state index contributed by atoms with van der Waals surface area (Å²) >= 11 is 0. The predicted octanol–water partition coefficient (Wildman–Crippen LogP) is 1.85. The van der Waals surface area contributed by atoms with Crippen LogP contribution in [0, 0.1) is 17.3 Å². The molecular weight excluding hydrogens is 112 g/mol. The van der Waals surface area contributed by atoms with Crippen LogP contribution in [0.5, 0.6) is 0 Å². The second-order valence-corrected chi connectivity index (χ2v) is 3.16. The summed E-state index contributed by atoms with van der Waals surface area (Å²) in [5.41, 5.74) is -0.0291. The Morgan fingerprint density at radius 2 is 1.78 bits per heavy atom. The van der Waals surface area contributed by atoms with E-state index in [2.05, 4.69) is 11.8 Å². The maximum absolute atomic E-state index is 10.4. The first kappa shape index (κ1) is 8.52. The highest BCUT2D eigenvalue weighted by Crippen LogP contribution is 2.09. The van der Waals surface area contributed by atoms with E-state index in [4.69, 9.17) is 0 Å². The van der Waals surface area contributed by atoms with Gasteiger partial charge in [0.15, 0.2) is 6.10 Å². The molecule has 1 nitrogen and oxygen atoms in total. The van der Waals surface area contributed by atoms with Crippen molar-refractivity contribution in [2.24, 2.45) is 5.41 Å². The Morgan fingerprint density at radius 1 is 1.33 bits per heavy atom. The van der Waals surface area contributed by atoms with Crippen LogP contribution in [-0.2, 0) is 5.11 Å². The smallest absolute Gasteiger partial charge is 0.150 e. The third-order valence-corrected chi connectivity index (χ3v) is 0.650. The second kappa shape index (κ2) is 2.89. The van der Waals surface area contributed by atoms with E-state index < -0.39 is 6.10 Å².